The molecule has 1 saturated heterocycles. The number of carbonyl (C=O) groups excluding carboxylic acids is 1. The molecule has 0 unspecified atom stereocenters. The third-order valence-electron chi connectivity index (χ3n) is 4.14. The molecule has 2 heterocycles. The van der Waals surface area contributed by atoms with E-state index >= 15 is 0 Å². The summed E-state index contributed by atoms with van der Waals surface area (Å²) in [6.07, 6.45) is 3.72. The van der Waals surface area contributed by atoms with Crippen molar-refractivity contribution < 1.29 is 13.2 Å². The maximum absolute atomic E-state index is 12.6. The molecule has 1 aliphatic heterocycles. The molecule has 1 aliphatic rings. The highest BCUT2D eigenvalue weighted by Crippen LogP contribution is 2.17. The Bertz CT molecular complexity index is 817. The zero-order chi connectivity index (χ0) is 17.2. The topological polar surface area (TPSA) is 71.4 Å². The highest BCUT2D eigenvalue weighted by molar-refractivity contribution is 7.90. The van der Waals surface area contributed by atoms with Crippen LogP contribution in [0.4, 0.5) is 0 Å². The number of carbonyl (C=O) groups is 1. The Hall–Kier alpha value is -2.12. The van der Waals surface area contributed by atoms with Crippen LogP contribution >= 0.6 is 0 Å². The summed E-state index contributed by atoms with van der Waals surface area (Å²) in [5.41, 5.74) is 1.39. The lowest BCUT2D eigenvalue weighted by Crippen LogP contribution is -2.34. The first-order valence-corrected chi connectivity index (χ1v) is 9.43. The molecule has 0 bridgehead atoms. The summed E-state index contributed by atoms with van der Waals surface area (Å²) in [6, 6.07) is 8.23. The molecule has 24 heavy (non-hydrogen) atoms. The first kappa shape index (κ1) is 16.7. The molecule has 2 aromatic rings. The van der Waals surface area contributed by atoms with Crippen LogP contribution in [-0.4, -0.2) is 49.4 Å². The van der Waals surface area contributed by atoms with Gasteiger partial charge >= 0.3 is 0 Å². The predicted octanol–water partition coefficient (Wildman–Crippen LogP) is 1.47. The summed E-state index contributed by atoms with van der Waals surface area (Å²) in [4.78, 5) is 14.5. The number of nitrogens with zero attached hydrogens (tertiary/aromatic N) is 2. The summed E-state index contributed by atoms with van der Waals surface area (Å²) in [5, 5.41) is 3.24. The third kappa shape index (κ3) is 3.37. The zero-order valence-corrected chi connectivity index (χ0v) is 14.4. The maximum atomic E-state index is 12.6. The Labute approximate surface area is 142 Å². The van der Waals surface area contributed by atoms with Crippen molar-refractivity contribution in [3.63, 3.8) is 0 Å². The Morgan fingerprint density at radius 3 is 2.58 bits per heavy atom. The van der Waals surface area contributed by atoms with Gasteiger partial charge in [-0.05, 0) is 38.1 Å². The van der Waals surface area contributed by atoms with Crippen LogP contribution in [-0.2, 0) is 10.0 Å². The number of benzene rings is 1. The minimum Gasteiger partial charge on any atom is -0.337 e. The standard InChI is InChI=1S/C17H21N3O3S/c1-14-3-5-16(6-4-14)24(22,23)20-11-7-15(13-20)17(21)19-10-2-8-18-9-12-19/h3-7,11,13,18H,2,8-10,12H2,1H3. The molecule has 1 aromatic heterocycles. The van der Waals surface area contributed by atoms with E-state index < -0.39 is 10.0 Å². The fourth-order valence-corrected chi connectivity index (χ4v) is 3.91. The molecule has 1 fully saturated rings. The molecule has 1 amide bonds. The summed E-state index contributed by atoms with van der Waals surface area (Å²) in [6.45, 7) is 4.87. The van der Waals surface area contributed by atoms with Gasteiger partial charge < -0.3 is 10.2 Å². The van der Waals surface area contributed by atoms with Crippen LogP contribution in [0.3, 0.4) is 0 Å². The van der Waals surface area contributed by atoms with Gasteiger partial charge in [0.2, 0.25) is 0 Å². The molecule has 128 valence electrons. The van der Waals surface area contributed by atoms with Gasteiger partial charge in [-0.1, -0.05) is 17.7 Å². The van der Waals surface area contributed by atoms with Crippen molar-refractivity contribution in [1.82, 2.24) is 14.2 Å². The van der Waals surface area contributed by atoms with E-state index in [0.29, 0.717) is 18.7 Å². The first-order chi connectivity index (χ1) is 11.5. The SMILES string of the molecule is Cc1ccc(S(=O)(=O)n2ccc(C(=O)N3CCCNCC3)c2)cc1. The van der Waals surface area contributed by atoms with Gasteiger partial charge in [-0.15, -0.1) is 0 Å². The van der Waals surface area contributed by atoms with E-state index in [-0.39, 0.29) is 10.8 Å². The van der Waals surface area contributed by atoms with Crippen molar-refractivity contribution in [2.24, 2.45) is 0 Å². The molecule has 0 aliphatic carbocycles. The molecule has 6 nitrogen and oxygen atoms in total. The molecule has 0 atom stereocenters. The molecular weight excluding hydrogens is 326 g/mol. The van der Waals surface area contributed by atoms with E-state index in [1.165, 1.54) is 12.4 Å². The minimum absolute atomic E-state index is 0.128. The van der Waals surface area contributed by atoms with Gasteiger partial charge in [-0.3, -0.25) is 4.79 Å². The smallest absolute Gasteiger partial charge is 0.267 e. The van der Waals surface area contributed by atoms with Crippen LogP contribution in [0, 0.1) is 6.92 Å². The molecular formula is C17H21N3O3S. The van der Waals surface area contributed by atoms with E-state index in [0.717, 1.165) is 29.0 Å². The van der Waals surface area contributed by atoms with Gasteiger partial charge in [-0.25, -0.2) is 12.4 Å². The quantitative estimate of drug-likeness (QED) is 0.913. The second kappa shape index (κ2) is 6.78. The summed E-state index contributed by atoms with van der Waals surface area (Å²) in [5.74, 6) is -0.128. The van der Waals surface area contributed by atoms with Crippen LogP contribution in [0.15, 0.2) is 47.6 Å². The second-order valence-electron chi connectivity index (χ2n) is 5.94. The van der Waals surface area contributed by atoms with Crippen LogP contribution in [0.5, 0.6) is 0 Å². The number of nitrogens with one attached hydrogen (secondary N) is 1. The van der Waals surface area contributed by atoms with Crippen LogP contribution in [0.2, 0.25) is 0 Å². The van der Waals surface area contributed by atoms with Crippen molar-refractivity contribution in [3.8, 4) is 0 Å². The van der Waals surface area contributed by atoms with Gasteiger partial charge in [0.1, 0.15) is 0 Å². The average molecular weight is 347 g/mol. The molecule has 1 N–H and O–H groups in total. The molecule has 0 radical (unpaired) electrons. The fourth-order valence-electron chi connectivity index (χ4n) is 2.72. The Kier molecular flexibility index (Phi) is 4.73. The zero-order valence-electron chi connectivity index (χ0n) is 13.6. The Morgan fingerprint density at radius 1 is 1.08 bits per heavy atom. The van der Waals surface area contributed by atoms with E-state index in [2.05, 4.69) is 5.32 Å². The number of amides is 1. The van der Waals surface area contributed by atoms with Crippen molar-refractivity contribution in [1.29, 1.82) is 0 Å². The highest BCUT2D eigenvalue weighted by Gasteiger charge is 2.21. The molecule has 1 aromatic carbocycles. The van der Waals surface area contributed by atoms with Crippen LogP contribution in [0.25, 0.3) is 0 Å². The third-order valence-corrected chi connectivity index (χ3v) is 5.79. The van der Waals surface area contributed by atoms with Gasteiger partial charge in [0.15, 0.2) is 0 Å². The lowest BCUT2D eigenvalue weighted by atomic mass is 10.2. The summed E-state index contributed by atoms with van der Waals surface area (Å²) < 4.78 is 26.4. The molecule has 3 rings (SSSR count). The average Bonchev–Trinajstić information content (AvgIpc) is 2.92. The molecule has 0 saturated carbocycles. The summed E-state index contributed by atoms with van der Waals surface area (Å²) in [7, 11) is -3.67. The molecule has 0 spiro atoms. The number of rotatable bonds is 3. The lowest BCUT2D eigenvalue weighted by Gasteiger charge is -2.19. The molecule has 7 heteroatoms. The van der Waals surface area contributed by atoms with Crippen molar-refractivity contribution >= 4 is 15.9 Å². The van der Waals surface area contributed by atoms with E-state index in [1.807, 2.05) is 6.92 Å². The maximum Gasteiger partial charge on any atom is 0.267 e. The summed E-state index contributed by atoms with van der Waals surface area (Å²) >= 11 is 0. The Balaban J connectivity index is 1.84. The van der Waals surface area contributed by atoms with E-state index in [1.54, 1.807) is 35.2 Å². The highest BCUT2D eigenvalue weighted by atomic mass is 32.2. The van der Waals surface area contributed by atoms with Gasteiger partial charge in [0, 0.05) is 32.0 Å². The fraction of sp³-hybridized carbons (Fsp3) is 0.353. The number of aryl methyl sites for hydroxylation is 1. The monoisotopic (exact) mass is 347 g/mol. The van der Waals surface area contributed by atoms with Gasteiger partial charge in [0.05, 0.1) is 10.5 Å². The van der Waals surface area contributed by atoms with Crippen molar-refractivity contribution in [3.05, 3.63) is 53.9 Å². The first-order valence-electron chi connectivity index (χ1n) is 7.99. The minimum atomic E-state index is -3.67. The van der Waals surface area contributed by atoms with Gasteiger partial charge in [0.25, 0.3) is 15.9 Å². The predicted molar refractivity (Wildman–Crippen MR) is 91.6 cm³/mol. The largest absolute Gasteiger partial charge is 0.337 e. The van der Waals surface area contributed by atoms with Gasteiger partial charge in [-0.2, -0.15) is 0 Å². The normalized spacial score (nSPS) is 16.0. The number of aromatic nitrogens is 1. The number of hydrogen-bond acceptors (Lipinski definition) is 4. The Morgan fingerprint density at radius 2 is 1.83 bits per heavy atom. The van der Waals surface area contributed by atoms with E-state index in [4.69, 9.17) is 0 Å². The second-order valence-corrected chi connectivity index (χ2v) is 7.79. The lowest BCUT2D eigenvalue weighted by molar-refractivity contribution is 0.0766. The number of hydrogen-bond donors (Lipinski definition) is 1. The van der Waals surface area contributed by atoms with E-state index in [9.17, 15) is 13.2 Å². The van der Waals surface area contributed by atoms with Crippen LogP contribution in [0.1, 0.15) is 22.3 Å². The van der Waals surface area contributed by atoms with Crippen molar-refractivity contribution in [2.45, 2.75) is 18.2 Å². The van der Waals surface area contributed by atoms with Crippen LogP contribution < -0.4 is 5.32 Å². The van der Waals surface area contributed by atoms with Crippen molar-refractivity contribution in [2.75, 3.05) is 26.2 Å².